The normalized spacial score (nSPS) is 13.7. The molecule has 43 heavy (non-hydrogen) atoms. The zero-order valence-electron chi connectivity index (χ0n) is 27.4. The van der Waals surface area contributed by atoms with Gasteiger partial charge in [-0.1, -0.05) is 116 Å². The topological polar surface area (TPSA) is 131 Å². The van der Waals surface area contributed by atoms with E-state index in [1.165, 1.54) is 70.6 Å². The molecule has 0 heterocycles. The average Bonchev–Trinajstić information content (AvgIpc) is 2.98. The molecule has 0 radical (unpaired) electrons. The van der Waals surface area contributed by atoms with E-state index < -0.39 is 26.5 Å². The van der Waals surface area contributed by atoms with Crippen molar-refractivity contribution in [1.82, 2.24) is 5.32 Å². The molecule has 0 saturated carbocycles. The minimum atomic E-state index is -4.40. The fourth-order valence-electron chi connectivity index (χ4n) is 4.55. The van der Waals surface area contributed by atoms with Crippen LogP contribution in [-0.2, 0) is 27.9 Å². The van der Waals surface area contributed by atoms with Crippen LogP contribution >= 0.6 is 7.82 Å². The van der Waals surface area contributed by atoms with Gasteiger partial charge in [0.2, 0.25) is 5.91 Å². The zero-order chi connectivity index (χ0) is 31.9. The molecule has 2 unspecified atom stereocenters. The number of carbonyl (C=O) groups excluding carboxylic acids is 2. The smallest absolute Gasteiger partial charge is 0.463 e. The van der Waals surface area contributed by atoms with Crippen molar-refractivity contribution >= 4 is 19.7 Å². The van der Waals surface area contributed by atoms with Crippen LogP contribution in [-0.4, -0.2) is 54.3 Å². The van der Waals surface area contributed by atoms with Gasteiger partial charge in [0.25, 0.3) is 0 Å². The number of carbonyl (C=O) groups is 2. The van der Waals surface area contributed by atoms with Gasteiger partial charge in [0.05, 0.1) is 13.2 Å². The molecule has 1 amide bonds. The number of hydrogen-bond donors (Lipinski definition) is 3. The second-order valence-corrected chi connectivity index (χ2v) is 12.9. The number of rotatable bonds is 32. The summed E-state index contributed by atoms with van der Waals surface area (Å²) in [5.74, 6) is -0.527. The maximum Gasteiger partial charge on any atom is 0.472 e. The second-order valence-electron chi connectivity index (χ2n) is 11.5. The molecule has 0 rings (SSSR count). The molecule has 3 N–H and O–H groups in total. The van der Waals surface area contributed by atoms with E-state index in [-0.39, 0.29) is 32.1 Å². The lowest BCUT2D eigenvalue weighted by Gasteiger charge is -2.15. The Hall–Kier alpha value is -1.25. The van der Waals surface area contributed by atoms with Crippen molar-refractivity contribution in [2.24, 2.45) is 0 Å². The van der Waals surface area contributed by atoms with Crippen LogP contribution < -0.4 is 5.32 Å². The molecule has 0 aliphatic rings. The number of amides is 1. The summed E-state index contributed by atoms with van der Waals surface area (Å²) in [6, 6.07) is 0. The average molecular weight is 634 g/mol. The minimum Gasteiger partial charge on any atom is -0.463 e. The highest BCUT2D eigenvalue weighted by atomic mass is 31.2. The summed E-state index contributed by atoms with van der Waals surface area (Å²) in [5.41, 5.74) is 0. The van der Waals surface area contributed by atoms with Crippen LogP contribution in [0.25, 0.3) is 0 Å². The van der Waals surface area contributed by atoms with Crippen molar-refractivity contribution in [3.8, 4) is 0 Å². The first kappa shape index (κ1) is 41.8. The molecule has 2 atom stereocenters. The summed E-state index contributed by atoms with van der Waals surface area (Å²) in [6.07, 6.45) is 27.1. The molecule has 0 aliphatic carbocycles. The van der Waals surface area contributed by atoms with Crippen molar-refractivity contribution in [2.75, 3.05) is 26.4 Å². The molecule has 9 nitrogen and oxygen atoms in total. The predicted molar refractivity (Wildman–Crippen MR) is 174 cm³/mol. The van der Waals surface area contributed by atoms with Gasteiger partial charge >= 0.3 is 13.8 Å². The SMILES string of the molecule is CCCCC/C=C\CCCCCCCC(=O)OCC(O)COP(=O)(O)OCCNC(=O)CCCCCCCCCCCC. The fourth-order valence-corrected chi connectivity index (χ4v) is 5.31. The number of aliphatic hydroxyl groups excluding tert-OH is 1. The highest BCUT2D eigenvalue weighted by Gasteiger charge is 2.23. The number of ether oxygens (including phenoxy) is 1. The fraction of sp³-hybridized carbons (Fsp3) is 0.879. The van der Waals surface area contributed by atoms with Gasteiger partial charge in [-0.15, -0.1) is 0 Å². The number of aliphatic hydroxyl groups is 1. The lowest BCUT2D eigenvalue weighted by atomic mass is 10.1. The first-order valence-corrected chi connectivity index (χ1v) is 18.7. The van der Waals surface area contributed by atoms with Crippen molar-refractivity contribution < 1.29 is 37.9 Å². The number of allylic oxidation sites excluding steroid dienone is 2. The number of hydrogen-bond acceptors (Lipinski definition) is 7. The van der Waals surface area contributed by atoms with Gasteiger partial charge in [0, 0.05) is 19.4 Å². The van der Waals surface area contributed by atoms with Crippen LogP contribution in [0.2, 0.25) is 0 Å². The van der Waals surface area contributed by atoms with E-state index >= 15 is 0 Å². The Morgan fingerprint density at radius 3 is 1.79 bits per heavy atom. The highest BCUT2D eigenvalue weighted by molar-refractivity contribution is 7.47. The third kappa shape index (κ3) is 32.0. The maximum absolute atomic E-state index is 12.0. The first-order chi connectivity index (χ1) is 20.8. The van der Waals surface area contributed by atoms with E-state index in [1.54, 1.807) is 0 Å². The minimum absolute atomic E-state index is 0.0842. The lowest BCUT2D eigenvalue weighted by Crippen LogP contribution is -2.27. The van der Waals surface area contributed by atoms with Crippen molar-refractivity contribution in [3.63, 3.8) is 0 Å². The summed E-state index contributed by atoms with van der Waals surface area (Å²) in [4.78, 5) is 33.6. The van der Waals surface area contributed by atoms with Crippen molar-refractivity contribution in [3.05, 3.63) is 12.2 Å². The van der Waals surface area contributed by atoms with Gasteiger partial charge in [-0.25, -0.2) is 4.57 Å². The Kier molecular flexibility index (Phi) is 29.9. The summed E-state index contributed by atoms with van der Waals surface area (Å²) < 4.78 is 26.6. The van der Waals surface area contributed by atoms with Crippen LogP contribution in [0.15, 0.2) is 12.2 Å². The standard InChI is InChI=1S/C33H64NO8P/c1-3-5-7-9-11-13-15-16-18-20-22-24-26-33(37)40-29-31(35)30-42-43(38,39)41-28-27-34-32(36)25-23-21-19-17-14-12-10-8-6-4-2/h11,13,31,35H,3-10,12,14-30H2,1-2H3,(H,34,36)(H,38,39)/b13-11-. The van der Waals surface area contributed by atoms with Gasteiger partial charge in [-0.2, -0.15) is 0 Å². The number of nitrogens with one attached hydrogen (secondary N) is 1. The molecule has 0 aromatic carbocycles. The van der Waals surface area contributed by atoms with Gasteiger partial charge in [-0.05, 0) is 38.5 Å². The Balaban J connectivity index is 3.66. The molecule has 254 valence electrons. The van der Waals surface area contributed by atoms with Crippen LogP contribution in [0, 0.1) is 0 Å². The van der Waals surface area contributed by atoms with Crippen molar-refractivity contribution in [1.29, 1.82) is 0 Å². The molecule has 0 fully saturated rings. The Morgan fingerprint density at radius 1 is 0.698 bits per heavy atom. The predicted octanol–water partition coefficient (Wildman–Crippen LogP) is 8.32. The van der Waals surface area contributed by atoms with Crippen molar-refractivity contribution in [2.45, 2.75) is 161 Å². The largest absolute Gasteiger partial charge is 0.472 e. The molecule has 0 aromatic rings. The van der Waals surface area contributed by atoms with Gasteiger partial charge in [0.15, 0.2) is 0 Å². The summed E-state index contributed by atoms with van der Waals surface area (Å²) >= 11 is 0. The van der Waals surface area contributed by atoms with Crippen LogP contribution in [0.4, 0.5) is 0 Å². The lowest BCUT2D eigenvalue weighted by molar-refractivity contribution is -0.147. The number of unbranched alkanes of at least 4 members (excludes halogenated alkanes) is 17. The molecule has 0 saturated heterocycles. The second kappa shape index (κ2) is 30.8. The summed E-state index contributed by atoms with van der Waals surface area (Å²) in [6.45, 7) is 3.49. The van der Waals surface area contributed by atoms with E-state index in [1.807, 2.05) is 0 Å². The molecular formula is C33H64NO8P. The van der Waals surface area contributed by atoms with E-state index in [4.69, 9.17) is 13.8 Å². The number of esters is 1. The van der Waals surface area contributed by atoms with Crippen LogP contribution in [0.3, 0.4) is 0 Å². The van der Waals surface area contributed by atoms with E-state index in [0.29, 0.717) is 6.42 Å². The third-order valence-electron chi connectivity index (χ3n) is 7.20. The molecule has 10 heteroatoms. The van der Waals surface area contributed by atoms with Crippen LogP contribution in [0.5, 0.6) is 0 Å². The monoisotopic (exact) mass is 633 g/mol. The van der Waals surface area contributed by atoms with E-state index in [2.05, 4.69) is 31.3 Å². The van der Waals surface area contributed by atoms with E-state index in [0.717, 1.165) is 57.8 Å². The molecule has 0 spiro atoms. The van der Waals surface area contributed by atoms with E-state index in [9.17, 15) is 24.2 Å². The number of phosphoric ester groups is 1. The van der Waals surface area contributed by atoms with Crippen LogP contribution in [0.1, 0.15) is 155 Å². The van der Waals surface area contributed by atoms with Gasteiger partial charge in [0.1, 0.15) is 12.7 Å². The Morgan fingerprint density at radius 2 is 1.19 bits per heavy atom. The zero-order valence-corrected chi connectivity index (χ0v) is 28.3. The van der Waals surface area contributed by atoms with Gasteiger partial charge < -0.3 is 20.1 Å². The Bertz CT molecular complexity index is 734. The molecule has 0 aliphatic heterocycles. The maximum atomic E-state index is 12.0. The van der Waals surface area contributed by atoms with Gasteiger partial charge in [-0.3, -0.25) is 18.6 Å². The quantitative estimate of drug-likeness (QED) is 0.0292. The Labute approximate surface area is 262 Å². The number of phosphoric acid groups is 1. The highest BCUT2D eigenvalue weighted by Crippen LogP contribution is 2.42. The molecule has 0 aromatic heterocycles. The summed E-state index contributed by atoms with van der Waals surface area (Å²) in [5, 5.41) is 12.6. The first-order valence-electron chi connectivity index (χ1n) is 17.2. The molecule has 0 bridgehead atoms. The molecular weight excluding hydrogens is 569 g/mol. The third-order valence-corrected chi connectivity index (χ3v) is 8.18. The summed E-state index contributed by atoms with van der Waals surface area (Å²) in [7, 11) is -4.40.